The van der Waals surface area contributed by atoms with Gasteiger partial charge in [0.05, 0.1) is 5.69 Å². The van der Waals surface area contributed by atoms with E-state index in [1.807, 2.05) is 11.0 Å². The zero-order valence-electron chi connectivity index (χ0n) is 10.5. The zero-order valence-corrected chi connectivity index (χ0v) is 11.3. The second-order valence-electron chi connectivity index (χ2n) is 4.37. The van der Waals surface area contributed by atoms with Crippen molar-refractivity contribution in [2.75, 3.05) is 10.6 Å². The van der Waals surface area contributed by atoms with Crippen LogP contribution in [0.25, 0.3) is 0 Å². The maximum absolute atomic E-state index is 4.39. The Kier molecular flexibility index (Phi) is 2.91. The summed E-state index contributed by atoms with van der Waals surface area (Å²) in [5.41, 5.74) is 3.66. The summed E-state index contributed by atoms with van der Waals surface area (Å²) < 4.78 is 1.92. The minimum absolute atomic E-state index is 0.139. The molecule has 0 saturated heterocycles. The Hall–Kier alpha value is -1.62. The molecule has 2 N–H and O–H groups in total. The van der Waals surface area contributed by atoms with Gasteiger partial charge in [-0.3, -0.25) is 0 Å². The van der Waals surface area contributed by atoms with Crippen molar-refractivity contribution in [3.8, 4) is 0 Å². The number of hydrogen-bond donors (Lipinski definition) is 2. The summed E-state index contributed by atoms with van der Waals surface area (Å²) in [5, 5.41) is 11.2. The zero-order chi connectivity index (χ0) is 12.5. The lowest BCUT2D eigenvalue weighted by atomic mass is 10.1. The molecule has 3 rings (SSSR count). The lowest BCUT2D eigenvalue weighted by molar-refractivity contribution is 0.996. The van der Waals surface area contributed by atoms with Gasteiger partial charge in [-0.15, -0.1) is 0 Å². The predicted molar refractivity (Wildman–Crippen MR) is 76.8 cm³/mol. The second-order valence-corrected chi connectivity index (χ2v) is 5.40. The van der Waals surface area contributed by atoms with Crippen molar-refractivity contribution in [3.05, 3.63) is 41.6 Å². The van der Waals surface area contributed by atoms with Crippen LogP contribution in [0, 0.1) is 6.92 Å². The minimum Gasteiger partial charge on any atom is -0.355 e. The summed E-state index contributed by atoms with van der Waals surface area (Å²) in [7, 11) is 0. The van der Waals surface area contributed by atoms with Gasteiger partial charge < -0.3 is 10.6 Å². The largest absolute Gasteiger partial charge is 0.355 e. The van der Waals surface area contributed by atoms with E-state index in [1.54, 1.807) is 11.9 Å². The fourth-order valence-corrected chi connectivity index (χ4v) is 2.92. The van der Waals surface area contributed by atoms with E-state index < -0.39 is 0 Å². The van der Waals surface area contributed by atoms with Crippen LogP contribution in [0.3, 0.4) is 0 Å². The van der Waals surface area contributed by atoms with Gasteiger partial charge >= 0.3 is 0 Å². The number of fused-ring (bicyclic) bond motifs is 1. The molecule has 4 nitrogen and oxygen atoms in total. The third-order valence-electron chi connectivity index (χ3n) is 2.94. The first-order valence-corrected chi connectivity index (χ1v) is 6.94. The highest BCUT2D eigenvalue weighted by atomic mass is 32.2. The van der Waals surface area contributed by atoms with Gasteiger partial charge in [-0.05, 0) is 31.0 Å². The number of rotatable bonds is 3. The van der Waals surface area contributed by atoms with E-state index in [4.69, 9.17) is 0 Å². The summed E-state index contributed by atoms with van der Waals surface area (Å²) in [5.74, 6) is 1.06. The van der Waals surface area contributed by atoms with Crippen molar-refractivity contribution in [3.63, 3.8) is 0 Å². The van der Waals surface area contributed by atoms with Gasteiger partial charge in [0.25, 0.3) is 0 Å². The molecule has 18 heavy (non-hydrogen) atoms. The molecule has 0 fully saturated rings. The number of aryl methyl sites for hydroxylation is 2. The molecular formula is C13H16N4S. The van der Waals surface area contributed by atoms with Crippen LogP contribution in [-0.2, 0) is 6.42 Å². The van der Waals surface area contributed by atoms with Crippen LogP contribution in [0.1, 0.15) is 18.2 Å². The molecule has 1 aromatic carbocycles. The second kappa shape index (κ2) is 4.57. The quantitative estimate of drug-likeness (QED) is 0.890. The van der Waals surface area contributed by atoms with Gasteiger partial charge in [0.15, 0.2) is 5.50 Å². The fourth-order valence-electron chi connectivity index (χ4n) is 1.97. The van der Waals surface area contributed by atoms with Crippen LogP contribution >= 0.6 is 11.9 Å². The first kappa shape index (κ1) is 11.5. The molecule has 1 aliphatic rings. The van der Waals surface area contributed by atoms with Gasteiger partial charge in [-0.2, -0.15) is 9.19 Å². The third kappa shape index (κ3) is 2.18. The number of aromatic nitrogens is 2. The van der Waals surface area contributed by atoms with Gasteiger partial charge in [-0.1, -0.05) is 19.1 Å². The molecule has 0 radical (unpaired) electrons. The van der Waals surface area contributed by atoms with Crippen molar-refractivity contribution in [1.29, 1.82) is 0 Å². The van der Waals surface area contributed by atoms with Crippen molar-refractivity contribution >= 4 is 23.5 Å². The summed E-state index contributed by atoms with van der Waals surface area (Å²) in [6.45, 7) is 4.16. The lowest BCUT2D eigenvalue weighted by Gasteiger charge is -2.13. The van der Waals surface area contributed by atoms with Crippen LogP contribution in [0.5, 0.6) is 0 Å². The summed E-state index contributed by atoms with van der Waals surface area (Å²) in [6.07, 6.45) is 1.07. The van der Waals surface area contributed by atoms with E-state index in [2.05, 4.69) is 53.0 Å². The van der Waals surface area contributed by atoms with Gasteiger partial charge in [0.1, 0.15) is 5.82 Å². The van der Waals surface area contributed by atoms with Crippen LogP contribution in [0.4, 0.5) is 11.5 Å². The molecule has 1 aliphatic heterocycles. The van der Waals surface area contributed by atoms with Crippen LogP contribution in [0.15, 0.2) is 30.3 Å². The third-order valence-corrected chi connectivity index (χ3v) is 3.87. The highest BCUT2D eigenvalue weighted by Crippen LogP contribution is 2.30. The molecule has 0 saturated carbocycles. The molecule has 0 unspecified atom stereocenters. The lowest BCUT2D eigenvalue weighted by Crippen LogP contribution is -2.21. The van der Waals surface area contributed by atoms with Crippen LogP contribution < -0.4 is 10.6 Å². The van der Waals surface area contributed by atoms with E-state index in [1.165, 1.54) is 5.56 Å². The highest BCUT2D eigenvalue weighted by molar-refractivity contribution is 7.98. The molecular weight excluding hydrogens is 244 g/mol. The van der Waals surface area contributed by atoms with E-state index in [0.29, 0.717) is 0 Å². The van der Waals surface area contributed by atoms with Crippen molar-refractivity contribution < 1.29 is 0 Å². The molecule has 1 aromatic heterocycles. The fraction of sp³-hybridized carbons (Fsp3) is 0.308. The first-order valence-electron chi connectivity index (χ1n) is 6.10. The monoisotopic (exact) mass is 260 g/mol. The Morgan fingerprint density at radius 3 is 2.83 bits per heavy atom. The normalized spacial score (nSPS) is 17.3. The van der Waals surface area contributed by atoms with E-state index in [-0.39, 0.29) is 5.50 Å². The smallest absolute Gasteiger partial charge is 0.168 e. The van der Waals surface area contributed by atoms with E-state index in [9.17, 15) is 0 Å². The van der Waals surface area contributed by atoms with Crippen molar-refractivity contribution in [1.82, 2.24) is 9.19 Å². The Morgan fingerprint density at radius 2 is 2.17 bits per heavy atom. The molecule has 1 atom stereocenters. The highest BCUT2D eigenvalue weighted by Gasteiger charge is 2.22. The van der Waals surface area contributed by atoms with Gasteiger partial charge in [0, 0.05) is 23.7 Å². The Balaban J connectivity index is 1.66. The maximum atomic E-state index is 4.39. The molecule has 0 aliphatic carbocycles. The van der Waals surface area contributed by atoms with E-state index >= 15 is 0 Å². The Morgan fingerprint density at radius 1 is 1.39 bits per heavy atom. The Bertz CT molecular complexity index is 523. The van der Waals surface area contributed by atoms with E-state index in [0.717, 1.165) is 23.6 Å². The molecule has 94 valence electrons. The number of hydrogen-bond acceptors (Lipinski definition) is 4. The summed E-state index contributed by atoms with van der Waals surface area (Å²) >= 11 is 1.65. The Labute approximate surface area is 111 Å². The molecule has 0 spiro atoms. The van der Waals surface area contributed by atoms with Gasteiger partial charge in [-0.25, -0.2) is 0 Å². The number of benzene rings is 1. The average molecular weight is 260 g/mol. The topological polar surface area (TPSA) is 41.9 Å². The predicted octanol–water partition coefficient (Wildman–Crippen LogP) is 3.07. The molecule has 0 bridgehead atoms. The van der Waals surface area contributed by atoms with Crippen molar-refractivity contribution in [2.45, 2.75) is 25.8 Å². The molecule has 0 amide bonds. The van der Waals surface area contributed by atoms with Crippen LogP contribution in [-0.4, -0.2) is 14.7 Å². The SMILES string of the molecule is CCc1ccc(N[C@@H]2Nc3cc(C)nn3S2)cc1. The summed E-state index contributed by atoms with van der Waals surface area (Å²) in [6, 6.07) is 10.6. The van der Waals surface area contributed by atoms with Crippen molar-refractivity contribution in [2.24, 2.45) is 0 Å². The molecule has 2 aromatic rings. The maximum Gasteiger partial charge on any atom is 0.168 e. The number of nitrogens with one attached hydrogen (secondary N) is 2. The average Bonchev–Trinajstić information content (AvgIpc) is 2.86. The van der Waals surface area contributed by atoms with Gasteiger partial charge in [0.2, 0.25) is 0 Å². The molecule has 5 heteroatoms. The number of anilines is 2. The molecule has 2 heterocycles. The summed E-state index contributed by atoms with van der Waals surface area (Å²) in [4.78, 5) is 0. The first-order chi connectivity index (χ1) is 8.74. The van der Waals surface area contributed by atoms with Crippen LogP contribution in [0.2, 0.25) is 0 Å². The standard InChI is InChI=1S/C13H16N4S/c1-3-10-4-6-11(7-5-10)14-13-15-12-8-9(2)16-17(12)18-13/h4-8,13-15H,3H2,1-2H3/t13-/m1/s1. The number of nitrogens with zero attached hydrogens (tertiary/aromatic N) is 2. The minimum atomic E-state index is 0.139.